The highest BCUT2D eigenvalue weighted by Crippen LogP contribution is 2.36. The minimum Gasteiger partial charge on any atom is -0.497 e. The number of aryl methyl sites for hydroxylation is 1. The Morgan fingerprint density at radius 3 is 2.54 bits per heavy atom. The fourth-order valence-electron chi connectivity index (χ4n) is 2.43. The van der Waals surface area contributed by atoms with Crippen molar-refractivity contribution in [1.82, 2.24) is 4.98 Å². The first-order chi connectivity index (χ1) is 12.6. The van der Waals surface area contributed by atoms with Gasteiger partial charge >= 0.3 is 0 Å². The summed E-state index contributed by atoms with van der Waals surface area (Å²) in [5.41, 5.74) is 1.91. The highest BCUT2D eigenvalue weighted by Gasteiger charge is 2.13. The van der Waals surface area contributed by atoms with Crippen molar-refractivity contribution in [3.8, 4) is 17.2 Å². The number of hydrogen-bond acceptors (Lipinski definition) is 6. The number of amides is 1. The highest BCUT2D eigenvalue weighted by atomic mass is 32.1. The zero-order valence-corrected chi connectivity index (χ0v) is 15.7. The molecule has 0 radical (unpaired) electrons. The molecule has 0 saturated heterocycles. The molecule has 0 saturated carbocycles. The number of nitrogens with one attached hydrogen (secondary N) is 1. The van der Waals surface area contributed by atoms with E-state index in [4.69, 9.17) is 14.2 Å². The Kier molecular flexibility index (Phi) is 5.58. The molecule has 0 atom stereocenters. The maximum Gasteiger partial charge on any atom is 0.264 e. The largest absolute Gasteiger partial charge is 0.497 e. The Balaban J connectivity index is 1.66. The van der Waals surface area contributed by atoms with Gasteiger partial charge in [-0.15, -0.1) is 0 Å². The van der Waals surface area contributed by atoms with Crippen LogP contribution in [0, 0.1) is 0 Å². The third-order valence-corrected chi connectivity index (χ3v) is 4.75. The van der Waals surface area contributed by atoms with Crippen LogP contribution in [0.15, 0.2) is 36.4 Å². The first-order valence-electron chi connectivity index (χ1n) is 8.17. The summed E-state index contributed by atoms with van der Waals surface area (Å²) in [5.74, 6) is 1.67. The number of nitrogens with zero attached hydrogens (tertiary/aromatic N) is 1. The number of thiazole rings is 1. The number of carbonyl (C=O) groups is 1. The number of anilines is 1. The van der Waals surface area contributed by atoms with Crippen molar-refractivity contribution in [1.29, 1.82) is 0 Å². The van der Waals surface area contributed by atoms with Crippen molar-refractivity contribution in [2.45, 2.75) is 13.3 Å². The number of rotatable bonds is 7. The fourth-order valence-corrected chi connectivity index (χ4v) is 3.36. The van der Waals surface area contributed by atoms with Crippen LogP contribution in [-0.4, -0.2) is 31.7 Å². The first kappa shape index (κ1) is 18.0. The molecule has 6 nitrogen and oxygen atoms in total. The highest BCUT2D eigenvalue weighted by molar-refractivity contribution is 7.22. The van der Waals surface area contributed by atoms with Crippen LogP contribution in [0.4, 0.5) is 5.13 Å². The number of carbonyl (C=O) groups excluding carboxylic acids is 1. The normalized spacial score (nSPS) is 10.6. The Bertz CT molecular complexity index is 906. The summed E-state index contributed by atoms with van der Waals surface area (Å²) in [7, 11) is 3.16. The molecule has 1 amide bonds. The predicted molar refractivity (Wildman–Crippen MR) is 103 cm³/mol. The summed E-state index contributed by atoms with van der Waals surface area (Å²) in [6.45, 7) is 2.01. The lowest BCUT2D eigenvalue weighted by Gasteiger charge is -2.06. The first-order valence-corrected chi connectivity index (χ1v) is 8.98. The molecule has 3 rings (SSSR count). The van der Waals surface area contributed by atoms with Crippen LogP contribution in [0.3, 0.4) is 0 Å². The van der Waals surface area contributed by atoms with Crippen LogP contribution in [0.5, 0.6) is 17.2 Å². The van der Waals surface area contributed by atoms with Crippen LogP contribution in [0.2, 0.25) is 0 Å². The van der Waals surface area contributed by atoms with Crippen LogP contribution < -0.4 is 19.5 Å². The molecule has 0 spiro atoms. The van der Waals surface area contributed by atoms with Crippen molar-refractivity contribution in [3.05, 3.63) is 42.0 Å². The van der Waals surface area contributed by atoms with Crippen LogP contribution in [0.1, 0.15) is 12.5 Å². The van der Waals surface area contributed by atoms with E-state index in [1.165, 1.54) is 16.9 Å². The molecule has 2 aromatic carbocycles. The smallest absolute Gasteiger partial charge is 0.264 e. The van der Waals surface area contributed by atoms with E-state index in [2.05, 4.69) is 17.2 Å². The second-order valence-corrected chi connectivity index (χ2v) is 6.56. The number of benzene rings is 2. The van der Waals surface area contributed by atoms with Gasteiger partial charge in [-0.3, -0.25) is 10.1 Å². The van der Waals surface area contributed by atoms with E-state index in [-0.39, 0.29) is 12.5 Å². The molecule has 0 aliphatic heterocycles. The summed E-state index contributed by atoms with van der Waals surface area (Å²) in [6, 6.07) is 11.3. The third kappa shape index (κ3) is 4.05. The summed E-state index contributed by atoms with van der Waals surface area (Å²) in [4.78, 5) is 16.6. The minimum atomic E-state index is -0.269. The van der Waals surface area contributed by atoms with Gasteiger partial charge in [0.2, 0.25) is 0 Å². The van der Waals surface area contributed by atoms with Crippen LogP contribution >= 0.6 is 11.3 Å². The lowest BCUT2D eigenvalue weighted by Crippen LogP contribution is -2.20. The average molecular weight is 372 g/mol. The average Bonchev–Trinajstić information content (AvgIpc) is 3.08. The van der Waals surface area contributed by atoms with E-state index in [0.717, 1.165) is 11.1 Å². The van der Waals surface area contributed by atoms with Crippen LogP contribution in [-0.2, 0) is 11.2 Å². The molecule has 0 aliphatic rings. The number of aromatic nitrogens is 1. The summed E-state index contributed by atoms with van der Waals surface area (Å²) >= 11 is 1.35. The standard InChI is InChI=1S/C19H20N2O4S/c1-4-12-5-7-13(8-6-12)25-11-17(22)20-19-21-18-15(24-3)9-14(23-2)10-16(18)26-19/h5-10H,4,11H2,1-3H3,(H,20,21,22). The molecule has 0 fully saturated rings. The van der Waals surface area contributed by atoms with Crippen molar-refractivity contribution in [2.24, 2.45) is 0 Å². The molecule has 26 heavy (non-hydrogen) atoms. The zero-order chi connectivity index (χ0) is 18.5. The monoisotopic (exact) mass is 372 g/mol. The molecule has 136 valence electrons. The van der Waals surface area contributed by atoms with Gasteiger partial charge in [-0.1, -0.05) is 30.4 Å². The van der Waals surface area contributed by atoms with E-state index in [0.29, 0.717) is 27.9 Å². The van der Waals surface area contributed by atoms with Gasteiger partial charge in [0.25, 0.3) is 5.91 Å². The number of ether oxygens (including phenoxy) is 3. The van der Waals surface area contributed by atoms with E-state index in [9.17, 15) is 4.79 Å². The van der Waals surface area contributed by atoms with Crippen molar-refractivity contribution < 1.29 is 19.0 Å². The van der Waals surface area contributed by atoms with Crippen LogP contribution in [0.25, 0.3) is 10.2 Å². The molecule has 0 bridgehead atoms. The Morgan fingerprint density at radius 1 is 1.12 bits per heavy atom. The van der Waals surface area contributed by atoms with Gasteiger partial charge in [0, 0.05) is 6.07 Å². The van der Waals surface area contributed by atoms with Crippen molar-refractivity contribution >= 4 is 32.6 Å². The molecular formula is C19H20N2O4S. The van der Waals surface area contributed by atoms with Gasteiger partial charge in [0.15, 0.2) is 11.7 Å². The quantitative estimate of drug-likeness (QED) is 0.681. The SMILES string of the molecule is CCc1ccc(OCC(=O)Nc2nc3c(OC)cc(OC)cc3s2)cc1. The molecule has 1 N–H and O–H groups in total. The number of methoxy groups -OCH3 is 2. The van der Waals surface area contributed by atoms with E-state index >= 15 is 0 Å². The van der Waals surface area contributed by atoms with E-state index < -0.39 is 0 Å². The second kappa shape index (κ2) is 8.05. The zero-order valence-electron chi connectivity index (χ0n) is 14.9. The van der Waals surface area contributed by atoms with Gasteiger partial charge in [0.1, 0.15) is 22.8 Å². The van der Waals surface area contributed by atoms with E-state index in [1.54, 1.807) is 20.3 Å². The second-order valence-electron chi connectivity index (χ2n) is 5.53. The third-order valence-electron chi connectivity index (χ3n) is 3.84. The lowest BCUT2D eigenvalue weighted by molar-refractivity contribution is -0.118. The summed E-state index contributed by atoms with van der Waals surface area (Å²) in [6.07, 6.45) is 0.965. The summed E-state index contributed by atoms with van der Waals surface area (Å²) in [5, 5.41) is 3.25. The van der Waals surface area contributed by atoms with E-state index in [1.807, 2.05) is 30.3 Å². The molecular weight excluding hydrogens is 352 g/mol. The van der Waals surface area contributed by atoms with Crippen molar-refractivity contribution in [2.75, 3.05) is 26.1 Å². The molecule has 7 heteroatoms. The van der Waals surface area contributed by atoms with Gasteiger partial charge in [-0.05, 0) is 30.2 Å². The Morgan fingerprint density at radius 2 is 1.88 bits per heavy atom. The maximum absolute atomic E-state index is 12.1. The van der Waals surface area contributed by atoms with Crippen molar-refractivity contribution in [3.63, 3.8) is 0 Å². The lowest BCUT2D eigenvalue weighted by atomic mass is 10.2. The van der Waals surface area contributed by atoms with Gasteiger partial charge in [-0.25, -0.2) is 4.98 Å². The molecule has 0 unspecified atom stereocenters. The molecule has 1 aromatic heterocycles. The predicted octanol–water partition coefficient (Wildman–Crippen LogP) is 3.89. The Hall–Kier alpha value is -2.80. The molecule has 0 aliphatic carbocycles. The maximum atomic E-state index is 12.1. The van der Waals surface area contributed by atoms with Gasteiger partial charge in [0.05, 0.1) is 18.9 Å². The topological polar surface area (TPSA) is 69.7 Å². The molecule has 1 heterocycles. The molecule has 3 aromatic rings. The number of fused-ring (bicyclic) bond motifs is 1. The number of hydrogen-bond donors (Lipinski definition) is 1. The van der Waals surface area contributed by atoms with Gasteiger partial charge in [-0.2, -0.15) is 0 Å². The Labute approximate surface area is 155 Å². The fraction of sp³-hybridized carbons (Fsp3) is 0.263. The van der Waals surface area contributed by atoms with Gasteiger partial charge < -0.3 is 14.2 Å². The summed E-state index contributed by atoms with van der Waals surface area (Å²) < 4.78 is 17.0. The minimum absolute atomic E-state index is 0.0815.